The fourth-order valence-corrected chi connectivity index (χ4v) is 4.04. The van der Waals surface area contributed by atoms with Crippen LogP contribution in [0.15, 0.2) is 28.1 Å². The van der Waals surface area contributed by atoms with E-state index in [1.165, 1.54) is 10.4 Å². The molecule has 1 heterocycles. The monoisotopic (exact) mass is 341 g/mol. The Hall–Kier alpha value is -0.710. The van der Waals surface area contributed by atoms with Gasteiger partial charge in [0.15, 0.2) is 0 Å². The molecule has 0 aliphatic carbocycles. The van der Waals surface area contributed by atoms with E-state index in [1.54, 1.807) is 23.5 Å². The van der Waals surface area contributed by atoms with Crippen LogP contribution in [0.5, 0.6) is 0 Å². The molecule has 1 atom stereocenters. The van der Waals surface area contributed by atoms with Crippen LogP contribution in [-0.2, 0) is 0 Å². The summed E-state index contributed by atoms with van der Waals surface area (Å²) in [6, 6.07) is 7.38. The van der Waals surface area contributed by atoms with Gasteiger partial charge in [-0.05, 0) is 71.2 Å². The fourth-order valence-electron chi connectivity index (χ4n) is 2.29. The molecule has 0 bridgehead atoms. The van der Waals surface area contributed by atoms with Gasteiger partial charge in [-0.3, -0.25) is 0 Å². The summed E-state index contributed by atoms with van der Waals surface area (Å²) in [4.78, 5) is 1.25. The van der Waals surface area contributed by atoms with Crippen LogP contribution in [0.3, 0.4) is 0 Å². The molecule has 0 spiro atoms. The third-order valence-electron chi connectivity index (χ3n) is 3.04. The van der Waals surface area contributed by atoms with Gasteiger partial charge < -0.3 is 5.32 Å². The fraction of sp³-hybridized carbons (Fsp3) is 0.333. The van der Waals surface area contributed by atoms with Crippen molar-refractivity contribution >= 4 is 27.3 Å². The maximum absolute atomic E-state index is 13.6. The van der Waals surface area contributed by atoms with Crippen molar-refractivity contribution in [3.8, 4) is 0 Å². The van der Waals surface area contributed by atoms with Crippen LogP contribution < -0.4 is 5.32 Å². The number of aryl methyl sites for hydroxylation is 2. The summed E-state index contributed by atoms with van der Waals surface area (Å²) in [5.74, 6) is -0.176. The lowest BCUT2D eigenvalue weighted by Gasteiger charge is -2.19. The molecular formula is C15H17BrFNS. The molecule has 1 aromatic carbocycles. The topological polar surface area (TPSA) is 12.0 Å². The second-order valence-corrected chi connectivity index (χ2v) is 7.25. The molecule has 4 heteroatoms. The third kappa shape index (κ3) is 3.44. The lowest BCUT2D eigenvalue weighted by atomic mass is 9.97. The number of hydrogen-bond acceptors (Lipinski definition) is 2. The van der Waals surface area contributed by atoms with Gasteiger partial charge in [0.05, 0.1) is 9.83 Å². The number of halogens is 2. The molecule has 1 nitrogen and oxygen atoms in total. The number of rotatable bonds is 4. The molecule has 1 unspecified atom stereocenters. The first-order valence-corrected chi connectivity index (χ1v) is 7.88. The van der Waals surface area contributed by atoms with E-state index in [4.69, 9.17) is 0 Å². The number of nitrogens with one attached hydrogen (secondary N) is 1. The van der Waals surface area contributed by atoms with Crippen LogP contribution in [0.4, 0.5) is 4.39 Å². The molecule has 0 aliphatic rings. The summed E-state index contributed by atoms with van der Waals surface area (Å²) >= 11 is 5.23. The van der Waals surface area contributed by atoms with Crippen LogP contribution in [0.2, 0.25) is 0 Å². The van der Waals surface area contributed by atoms with Gasteiger partial charge in [0.2, 0.25) is 0 Å². The lowest BCUT2D eigenvalue weighted by Crippen LogP contribution is -2.22. The molecule has 2 rings (SSSR count). The summed E-state index contributed by atoms with van der Waals surface area (Å²) in [7, 11) is 0. The first-order valence-electron chi connectivity index (χ1n) is 6.27. The highest BCUT2D eigenvalue weighted by molar-refractivity contribution is 9.11. The normalized spacial score (nSPS) is 12.7. The van der Waals surface area contributed by atoms with E-state index in [-0.39, 0.29) is 11.9 Å². The van der Waals surface area contributed by atoms with Crippen molar-refractivity contribution in [2.45, 2.75) is 26.8 Å². The van der Waals surface area contributed by atoms with Crippen LogP contribution in [0.1, 0.15) is 34.5 Å². The highest BCUT2D eigenvalue weighted by Crippen LogP contribution is 2.34. The standard InChI is InChI=1S/C15H17BrFNS/c1-4-18-15(13-8-14(16)19-10(13)3)11-5-9(2)6-12(17)7-11/h5-8,15,18H,4H2,1-3H3. The van der Waals surface area contributed by atoms with E-state index >= 15 is 0 Å². The predicted octanol–water partition coefficient (Wildman–Crippen LogP) is 4.97. The van der Waals surface area contributed by atoms with Crippen LogP contribution in [-0.4, -0.2) is 6.54 Å². The molecular weight excluding hydrogens is 325 g/mol. The van der Waals surface area contributed by atoms with Crippen molar-refractivity contribution in [3.63, 3.8) is 0 Å². The molecule has 0 saturated carbocycles. The van der Waals surface area contributed by atoms with Crippen LogP contribution in [0, 0.1) is 19.7 Å². The highest BCUT2D eigenvalue weighted by atomic mass is 79.9. The van der Waals surface area contributed by atoms with E-state index in [9.17, 15) is 4.39 Å². The predicted molar refractivity (Wildman–Crippen MR) is 83.4 cm³/mol. The summed E-state index contributed by atoms with van der Waals surface area (Å²) in [5.41, 5.74) is 3.14. The Labute approximate surface area is 126 Å². The van der Waals surface area contributed by atoms with E-state index in [1.807, 2.05) is 13.0 Å². The van der Waals surface area contributed by atoms with Gasteiger partial charge >= 0.3 is 0 Å². The molecule has 19 heavy (non-hydrogen) atoms. The Balaban J connectivity index is 2.47. The minimum Gasteiger partial charge on any atom is -0.306 e. The summed E-state index contributed by atoms with van der Waals surface area (Å²) in [6.07, 6.45) is 0. The lowest BCUT2D eigenvalue weighted by molar-refractivity contribution is 0.601. The van der Waals surface area contributed by atoms with Gasteiger partial charge in [-0.1, -0.05) is 13.0 Å². The van der Waals surface area contributed by atoms with Gasteiger partial charge in [-0.2, -0.15) is 0 Å². The summed E-state index contributed by atoms with van der Waals surface area (Å²) in [5, 5.41) is 3.44. The second kappa shape index (κ2) is 6.16. The van der Waals surface area contributed by atoms with Crippen LogP contribution >= 0.6 is 27.3 Å². The number of benzene rings is 1. The van der Waals surface area contributed by atoms with Crippen molar-refractivity contribution < 1.29 is 4.39 Å². The largest absolute Gasteiger partial charge is 0.306 e. The maximum atomic E-state index is 13.6. The van der Waals surface area contributed by atoms with E-state index in [0.717, 1.165) is 21.5 Å². The van der Waals surface area contributed by atoms with Gasteiger partial charge in [0.1, 0.15) is 5.82 Å². The molecule has 102 valence electrons. The Morgan fingerprint density at radius 2 is 2.00 bits per heavy atom. The Bertz CT molecular complexity index is 559. The Morgan fingerprint density at radius 1 is 1.26 bits per heavy atom. The second-order valence-electron chi connectivity index (χ2n) is 4.61. The first-order chi connectivity index (χ1) is 9.01. The average Bonchev–Trinajstić information content (AvgIpc) is 2.64. The van der Waals surface area contributed by atoms with Crippen molar-refractivity contribution in [1.82, 2.24) is 5.32 Å². The SMILES string of the molecule is CCNC(c1cc(C)cc(F)c1)c1cc(Br)sc1C. The zero-order valence-corrected chi connectivity index (χ0v) is 13.7. The highest BCUT2D eigenvalue weighted by Gasteiger charge is 2.18. The van der Waals surface area contributed by atoms with Crippen molar-refractivity contribution in [2.75, 3.05) is 6.54 Å². The van der Waals surface area contributed by atoms with Gasteiger partial charge in [0.25, 0.3) is 0 Å². The molecule has 0 saturated heterocycles. The molecule has 0 radical (unpaired) electrons. The van der Waals surface area contributed by atoms with E-state index < -0.39 is 0 Å². The maximum Gasteiger partial charge on any atom is 0.123 e. The first kappa shape index (κ1) is 14.7. The number of thiophene rings is 1. The smallest absolute Gasteiger partial charge is 0.123 e. The quantitative estimate of drug-likeness (QED) is 0.828. The molecule has 0 amide bonds. The minimum absolute atomic E-state index is 0.0435. The Morgan fingerprint density at radius 3 is 2.53 bits per heavy atom. The summed E-state index contributed by atoms with van der Waals surface area (Å²) in [6.45, 7) is 6.93. The molecule has 0 fully saturated rings. The summed E-state index contributed by atoms with van der Waals surface area (Å²) < 4.78 is 14.7. The van der Waals surface area contributed by atoms with E-state index in [0.29, 0.717) is 0 Å². The van der Waals surface area contributed by atoms with Gasteiger partial charge in [0, 0.05) is 4.88 Å². The zero-order valence-electron chi connectivity index (χ0n) is 11.3. The number of hydrogen-bond donors (Lipinski definition) is 1. The zero-order chi connectivity index (χ0) is 14.0. The van der Waals surface area contributed by atoms with Gasteiger partial charge in [-0.15, -0.1) is 11.3 Å². The molecule has 0 aliphatic heterocycles. The average molecular weight is 342 g/mol. The molecule has 2 aromatic rings. The Kier molecular flexibility index (Phi) is 4.76. The van der Waals surface area contributed by atoms with E-state index in [2.05, 4.69) is 41.2 Å². The van der Waals surface area contributed by atoms with Gasteiger partial charge in [-0.25, -0.2) is 4.39 Å². The van der Waals surface area contributed by atoms with Crippen molar-refractivity contribution in [3.05, 3.63) is 55.4 Å². The molecule has 1 N–H and O–H groups in total. The van der Waals surface area contributed by atoms with Crippen molar-refractivity contribution in [1.29, 1.82) is 0 Å². The van der Waals surface area contributed by atoms with Crippen molar-refractivity contribution in [2.24, 2.45) is 0 Å². The third-order valence-corrected chi connectivity index (χ3v) is 4.61. The minimum atomic E-state index is -0.176. The molecule has 1 aromatic heterocycles. The van der Waals surface area contributed by atoms with Crippen LogP contribution in [0.25, 0.3) is 0 Å².